The summed E-state index contributed by atoms with van der Waals surface area (Å²) in [5.74, 6) is 0. The van der Waals surface area contributed by atoms with Crippen molar-refractivity contribution in [3.05, 3.63) is 65.7 Å². The van der Waals surface area contributed by atoms with E-state index in [0.29, 0.717) is 0 Å². The summed E-state index contributed by atoms with van der Waals surface area (Å²) in [6.07, 6.45) is 4.14. The standard InChI is InChI=1S/C12H21P.C8H10/c1-4-13(5-2,6-3)12-10-8-7-9-11-12;1-7-5-3-4-6-8(7)2/h7-11,13H,4-6H2,1-3H3;3-6H,1-2H3. The number of aryl methyl sites for hydroxylation is 2. The van der Waals surface area contributed by atoms with E-state index in [1.807, 2.05) is 0 Å². The van der Waals surface area contributed by atoms with Crippen LogP contribution in [0.15, 0.2) is 54.6 Å². The third-order valence-corrected chi connectivity index (χ3v) is 10.5. The maximum absolute atomic E-state index is 2.35. The number of benzene rings is 2. The fraction of sp³-hybridized carbons (Fsp3) is 0.400. The molecule has 2 rings (SSSR count). The summed E-state index contributed by atoms with van der Waals surface area (Å²) in [6, 6.07) is 19.5. The monoisotopic (exact) mass is 302 g/mol. The van der Waals surface area contributed by atoms with Crippen LogP contribution in [0.25, 0.3) is 0 Å². The van der Waals surface area contributed by atoms with E-state index in [2.05, 4.69) is 89.2 Å². The smallest absolute Gasteiger partial charge is 0.0395 e. The Morgan fingerprint density at radius 1 is 0.619 bits per heavy atom. The summed E-state index contributed by atoms with van der Waals surface area (Å²) in [5.41, 5.74) is 2.74. The first-order valence-electron chi connectivity index (χ1n) is 8.17. The Morgan fingerprint density at radius 3 is 1.33 bits per heavy atom. The van der Waals surface area contributed by atoms with E-state index in [1.54, 1.807) is 5.30 Å². The van der Waals surface area contributed by atoms with Crippen LogP contribution in [0.5, 0.6) is 0 Å². The minimum atomic E-state index is -1.09. The Kier molecular flexibility index (Phi) is 7.68. The molecule has 0 unspecified atom stereocenters. The number of rotatable bonds is 4. The van der Waals surface area contributed by atoms with Crippen LogP contribution >= 0.6 is 7.26 Å². The summed E-state index contributed by atoms with van der Waals surface area (Å²) < 4.78 is 0. The zero-order chi connectivity index (χ0) is 15.7. The second kappa shape index (κ2) is 9.00. The van der Waals surface area contributed by atoms with Crippen molar-refractivity contribution in [3.63, 3.8) is 0 Å². The fourth-order valence-corrected chi connectivity index (χ4v) is 6.44. The van der Waals surface area contributed by atoms with Crippen LogP contribution in [0.1, 0.15) is 31.9 Å². The molecule has 0 bridgehead atoms. The predicted molar refractivity (Wildman–Crippen MR) is 102 cm³/mol. The topological polar surface area (TPSA) is 0 Å². The van der Waals surface area contributed by atoms with Crippen molar-refractivity contribution in [1.82, 2.24) is 0 Å². The van der Waals surface area contributed by atoms with Gasteiger partial charge in [-0.2, -0.15) is 0 Å². The minimum absolute atomic E-state index is 1.09. The van der Waals surface area contributed by atoms with Crippen molar-refractivity contribution >= 4 is 12.6 Å². The first kappa shape index (κ1) is 17.9. The molecule has 0 aliphatic heterocycles. The van der Waals surface area contributed by atoms with Crippen molar-refractivity contribution in [2.24, 2.45) is 0 Å². The molecule has 0 nitrogen and oxygen atoms in total. The summed E-state index contributed by atoms with van der Waals surface area (Å²) >= 11 is 0. The predicted octanol–water partition coefficient (Wildman–Crippen LogP) is 5.42. The summed E-state index contributed by atoms with van der Waals surface area (Å²) in [7, 11) is -1.09. The van der Waals surface area contributed by atoms with Gasteiger partial charge in [0, 0.05) is 0 Å². The normalized spacial score (nSPS) is 11.5. The van der Waals surface area contributed by atoms with Crippen LogP contribution in [-0.2, 0) is 0 Å². The molecule has 0 N–H and O–H groups in total. The van der Waals surface area contributed by atoms with Gasteiger partial charge >= 0.3 is 82.2 Å². The largest absolute Gasteiger partial charge is 0.0620 e. The third kappa shape index (κ3) is 4.97. The van der Waals surface area contributed by atoms with E-state index in [0.717, 1.165) is 0 Å². The van der Waals surface area contributed by atoms with Crippen molar-refractivity contribution in [3.8, 4) is 0 Å². The molecule has 0 heterocycles. The Balaban J connectivity index is 0.000000235. The SMILES string of the molecule is CC[PH](CC)(CC)c1ccccc1.Cc1ccccc1C. The molecule has 1 heteroatoms. The molecule has 2 aromatic rings. The Morgan fingerprint density at radius 2 is 1.00 bits per heavy atom. The van der Waals surface area contributed by atoms with Gasteiger partial charge in [-0.1, -0.05) is 24.3 Å². The van der Waals surface area contributed by atoms with E-state index in [-0.39, 0.29) is 0 Å². The molecule has 0 amide bonds. The molecule has 0 spiro atoms. The molecular weight excluding hydrogens is 271 g/mol. The maximum Gasteiger partial charge on any atom is -0.0395 e. The third-order valence-electron chi connectivity index (χ3n) is 4.84. The van der Waals surface area contributed by atoms with Crippen LogP contribution in [0, 0.1) is 13.8 Å². The zero-order valence-corrected chi connectivity index (χ0v) is 15.3. The number of hydrogen-bond acceptors (Lipinski definition) is 0. The van der Waals surface area contributed by atoms with Crippen molar-refractivity contribution in [2.45, 2.75) is 34.6 Å². The van der Waals surface area contributed by atoms with Crippen LogP contribution in [-0.4, -0.2) is 18.5 Å². The molecule has 0 aliphatic carbocycles. The van der Waals surface area contributed by atoms with Gasteiger partial charge in [0.1, 0.15) is 0 Å². The van der Waals surface area contributed by atoms with Crippen LogP contribution in [0.4, 0.5) is 0 Å². The second-order valence-electron chi connectivity index (χ2n) is 5.79. The Labute approximate surface area is 131 Å². The van der Waals surface area contributed by atoms with E-state index in [1.165, 1.54) is 29.6 Å². The van der Waals surface area contributed by atoms with Crippen molar-refractivity contribution in [2.75, 3.05) is 18.5 Å². The molecule has 0 aromatic heterocycles. The molecule has 0 aliphatic rings. The summed E-state index contributed by atoms with van der Waals surface area (Å²) in [4.78, 5) is 0. The fourth-order valence-electron chi connectivity index (χ4n) is 2.82. The quantitative estimate of drug-likeness (QED) is 0.661. The zero-order valence-electron chi connectivity index (χ0n) is 14.3. The van der Waals surface area contributed by atoms with Gasteiger partial charge in [-0.05, 0) is 25.0 Å². The Bertz CT molecular complexity index is 483. The van der Waals surface area contributed by atoms with Crippen LogP contribution in [0.3, 0.4) is 0 Å². The van der Waals surface area contributed by atoms with Crippen molar-refractivity contribution in [1.29, 1.82) is 0 Å². The van der Waals surface area contributed by atoms with Gasteiger partial charge in [0.05, 0.1) is 0 Å². The van der Waals surface area contributed by atoms with E-state index >= 15 is 0 Å². The molecule has 2 aromatic carbocycles. The van der Waals surface area contributed by atoms with E-state index in [4.69, 9.17) is 0 Å². The maximum atomic E-state index is 2.35. The first-order valence-corrected chi connectivity index (χ1v) is 10.8. The molecule has 116 valence electrons. The molecule has 21 heavy (non-hydrogen) atoms. The van der Waals surface area contributed by atoms with Gasteiger partial charge in [0.2, 0.25) is 0 Å². The molecular formula is C20H31P. The molecule has 0 radical (unpaired) electrons. The van der Waals surface area contributed by atoms with Crippen LogP contribution < -0.4 is 5.30 Å². The van der Waals surface area contributed by atoms with Gasteiger partial charge in [-0.3, -0.25) is 0 Å². The average molecular weight is 302 g/mol. The number of hydrogen-bond donors (Lipinski definition) is 0. The van der Waals surface area contributed by atoms with Crippen molar-refractivity contribution < 1.29 is 0 Å². The van der Waals surface area contributed by atoms with E-state index in [9.17, 15) is 0 Å². The molecule has 0 atom stereocenters. The summed E-state index contributed by atoms with van der Waals surface area (Å²) in [5, 5.41) is 1.64. The Hall–Kier alpha value is -1.13. The average Bonchev–Trinajstić information content (AvgIpc) is 2.54. The van der Waals surface area contributed by atoms with Gasteiger partial charge in [-0.25, -0.2) is 0 Å². The van der Waals surface area contributed by atoms with E-state index < -0.39 is 7.26 Å². The second-order valence-corrected chi connectivity index (χ2v) is 11.1. The molecule has 0 saturated carbocycles. The van der Waals surface area contributed by atoms with Gasteiger partial charge in [-0.15, -0.1) is 0 Å². The van der Waals surface area contributed by atoms with Gasteiger partial charge in [0.15, 0.2) is 0 Å². The van der Waals surface area contributed by atoms with Crippen LogP contribution in [0.2, 0.25) is 0 Å². The van der Waals surface area contributed by atoms with Gasteiger partial charge < -0.3 is 0 Å². The summed E-state index contributed by atoms with van der Waals surface area (Å²) in [6.45, 7) is 11.3. The molecule has 0 saturated heterocycles. The first-order chi connectivity index (χ1) is 10.1. The molecule has 0 fully saturated rings. The van der Waals surface area contributed by atoms with Gasteiger partial charge in [0.25, 0.3) is 0 Å². The minimum Gasteiger partial charge on any atom is -0.0620 e.